The second kappa shape index (κ2) is 5.54. The first-order valence-electron chi connectivity index (χ1n) is 6.04. The van der Waals surface area contributed by atoms with Gasteiger partial charge in [0.15, 0.2) is 0 Å². The molecular formula is C13H14F2N2O3. The summed E-state index contributed by atoms with van der Waals surface area (Å²) in [6.07, 6.45) is 0. The van der Waals surface area contributed by atoms with Crippen molar-refractivity contribution in [3.8, 4) is 0 Å². The molecule has 108 valence electrons. The summed E-state index contributed by atoms with van der Waals surface area (Å²) in [6, 6.07) is 5.57. The molecule has 7 heteroatoms. The molecular weight excluding hydrogens is 270 g/mol. The van der Waals surface area contributed by atoms with Gasteiger partial charge in [-0.05, 0) is 24.3 Å². The third-order valence-electron chi connectivity index (χ3n) is 2.94. The van der Waals surface area contributed by atoms with Crippen molar-refractivity contribution in [1.29, 1.82) is 0 Å². The van der Waals surface area contributed by atoms with Crippen molar-refractivity contribution in [3.63, 3.8) is 0 Å². The summed E-state index contributed by atoms with van der Waals surface area (Å²) < 4.78 is 31.5. The Morgan fingerprint density at radius 3 is 2.40 bits per heavy atom. The van der Waals surface area contributed by atoms with Gasteiger partial charge in [-0.3, -0.25) is 9.59 Å². The number of benzene rings is 1. The standard InChI is InChI=1S/C13H14F2N2O3/c14-13(15)7-17(5-6-20-8-13)12(19)10-3-1-9(2-4-10)11(16)18/h1-4H,5-8H2,(H2,16,18). The molecule has 5 nitrogen and oxygen atoms in total. The Morgan fingerprint density at radius 1 is 1.20 bits per heavy atom. The lowest BCUT2D eigenvalue weighted by Crippen LogP contribution is -2.41. The van der Waals surface area contributed by atoms with E-state index in [1.807, 2.05) is 0 Å². The van der Waals surface area contributed by atoms with Crippen LogP contribution in [0.2, 0.25) is 0 Å². The smallest absolute Gasteiger partial charge is 0.288 e. The zero-order valence-electron chi connectivity index (χ0n) is 10.6. The first-order chi connectivity index (χ1) is 9.39. The zero-order chi connectivity index (χ0) is 14.8. The molecule has 1 aliphatic rings. The average Bonchev–Trinajstić information content (AvgIpc) is 2.59. The molecule has 0 unspecified atom stereocenters. The van der Waals surface area contributed by atoms with Gasteiger partial charge in [-0.1, -0.05) is 0 Å². The molecule has 1 aromatic carbocycles. The van der Waals surface area contributed by atoms with Crippen molar-refractivity contribution in [3.05, 3.63) is 35.4 Å². The molecule has 0 saturated carbocycles. The molecule has 1 saturated heterocycles. The van der Waals surface area contributed by atoms with Gasteiger partial charge in [0, 0.05) is 17.7 Å². The summed E-state index contributed by atoms with van der Waals surface area (Å²) in [4.78, 5) is 24.1. The number of primary amides is 1. The van der Waals surface area contributed by atoms with Crippen LogP contribution >= 0.6 is 0 Å². The lowest BCUT2D eigenvalue weighted by Gasteiger charge is -2.23. The van der Waals surface area contributed by atoms with Gasteiger partial charge in [0.1, 0.15) is 6.61 Å². The van der Waals surface area contributed by atoms with Gasteiger partial charge in [0.25, 0.3) is 11.8 Å². The van der Waals surface area contributed by atoms with Crippen LogP contribution in [-0.4, -0.2) is 48.9 Å². The number of hydrogen-bond acceptors (Lipinski definition) is 3. The highest BCUT2D eigenvalue weighted by atomic mass is 19.3. The summed E-state index contributed by atoms with van der Waals surface area (Å²) in [5, 5.41) is 0. The van der Waals surface area contributed by atoms with Crippen LogP contribution in [0.3, 0.4) is 0 Å². The second-order valence-corrected chi connectivity index (χ2v) is 4.58. The van der Waals surface area contributed by atoms with E-state index < -0.39 is 30.9 Å². The average molecular weight is 284 g/mol. The third-order valence-corrected chi connectivity index (χ3v) is 2.94. The van der Waals surface area contributed by atoms with Crippen LogP contribution in [0.5, 0.6) is 0 Å². The summed E-state index contributed by atoms with van der Waals surface area (Å²) in [6.45, 7) is -1.19. The van der Waals surface area contributed by atoms with Crippen molar-refractivity contribution in [1.82, 2.24) is 4.90 Å². The highest BCUT2D eigenvalue weighted by molar-refractivity contribution is 5.97. The minimum Gasteiger partial charge on any atom is -0.373 e. The zero-order valence-corrected chi connectivity index (χ0v) is 10.6. The lowest BCUT2D eigenvalue weighted by atomic mass is 10.1. The van der Waals surface area contributed by atoms with E-state index in [0.29, 0.717) is 0 Å². The minimum atomic E-state index is -3.06. The first-order valence-corrected chi connectivity index (χ1v) is 6.04. The molecule has 1 aromatic rings. The number of carbonyl (C=O) groups excluding carboxylic acids is 2. The Kier molecular flexibility index (Phi) is 3.99. The fourth-order valence-corrected chi connectivity index (χ4v) is 1.93. The van der Waals surface area contributed by atoms with Crippen LogP contribution < -0.4 is 5.73 Å². The molecule has 0 atom stereocenters. The molecule has 2 N–H and O–H groups in total. The maximum atomic E-state index is 13.4. The second-order valence-electron chi connectivity index (χ2n) is 4.58. The maximum absolute atomic E-state index is 13.4. The molecule has 20 heavy (non-hydrogen) atoms. The van der Waals surface area contributed by atoms with Gasteiger partial charge in [0.05, 0.1) is 13.2 Å². The van der Waals surface area contributed by atoms with E-state index in [0.717, 1.165) is 4.90 Å². The van der Waals surface area contributed by atoms with Gasteiger partial charge >= 0.3 is 0 Å². The lowest BCUT2D eigenvalue weighted by molar-refractivity contribution is -0.0660. The number of alkyl halides is 2. The highest BCUT2D eigenvalue weighted by Crippen LogP contribution is 2.20. The van der Waals surface area contributed by atoms with E-state index in [1.54, 1.807) is 0 Å². The van der Waals surface area contributed by atoms with E-state index in [2.05, 4.69) is 0 Å². The summed E-state index contributed by atoms with van der Waals surface area (Å²) in [5.41, 5.74) is 5.57. The van der Waals surface area contributed by atoms with E-state index in [4.69, 9.17) is 10.5 Å². The quantitative estimate of drug-likeness (QED) is 0.876. The Bertz CT molecular complexity index is 517. The van der Waals surface area contributed by atoms with Gasteiger partial charge in [-0.15, -0.1) is 0 Å². The Labute approximate surface area is 114 Å². The monoisotopic (exact) mass is 284 g/mol. The van der Waals surface area contributed by atoms with Crippen LogP contribution in [-0.2, 0) is 4.74 Å². The number of rotatable bonds is 2. The number of halogens is 2. The van der Waals surface area contributed by atoms with Crippen molar-refractivity contribution in [2.24, 2.45) is 5.73 Å². The van der Waals surface area contributed by atoms with Crippen molar-refractivity contribution >= 4 is 11.8 Å². The molecule has 1 heterocycles. The summed E-state index contributed by atoms with van der Waals surface area (Å²) in [5.74, 6) is -4.19. The topological polar surface area (TPSA) is 72.6 Å². The molecule has 0 radical (unpaired) electrons. The highest BCUT2D eigenvalue weighted by Gasteiger charge is 2.36. The normalized spacial score (nSPS) is 18.4. The molecule has 2 amide bonds. The number of nitrogens with two attached hydrogens (primary N) is 1. The van der Waals surface area contributed by atoms with Crippen LogP contribution in [0.1, 0.15) is 20.7 Å². The molecule has 1 fully saturated rings. The largest absolute Gasteiger partial charge is 0.373 e. The molecule has 1 aliphatic heterocycles. The van der Waals surface area contributed by atoms with E-state index in [9.17, 15) is 18.4 Å². The van der Waals surface area contributed by atoms with Crippen molar-refractivity contribution in [2.45, 2.75) is 5.92 Å². The Hall–Kier alpha value is -2.02. The van der Waals surface area contributed by atoms with E-state index >= 15 is 0 Å². The van der Waals surface area contributed by atoms with Crippen molar-refractivity contribution < 1.29 is 23.1 Å². The number of amides is 2. The van der Waals surface area contributed by atoms with Crippen LogP contribution in [0.15, 0.2) is 24.3 Å². The van der Waals surface area contributed by atoms with Gasteiger partial charge in [-0.2, -0.15) is 0 Å². The number of nitrogens with zero attached hydrogens (tertiary/aromatic N) is 1. The predicted molar refractivity (Wildman–Crippen MR) is 66.6 cm³/mol. The molecule has 0 aromatic heterocycles. The van der Waals surface area contributed by atoms with Gasteiger partial charge in [0.2, 0.25) is 5.91 Å². The Balaban J connectivity index is 2.15. The number of ether oxygens (including phenoxy) is 1. The maximum Gasteiger partial charge on any atom is 0.288 e. The molecule has 0 aliphatic carbocycles. The predicted octanol–water partition coefficient (Wildman–Crippen LogP) is 0.893. The van der Waals surface area contributed by atoms with Crippen molar-refractivity contribution in [2.75, 3.05) is 26.3 Å². The van der Waals surface area contributed by atoms with Crippen LogP contribution in [0.25, 0.3) is 0 Å². The molecule has 2 rings (SSSR count). The molecule has 0 bridgehead atoms. The van der Waals surface area contributed by atoms with Crippen LogP contribution in [0.4, 0.5) is 8.78 Å². The SMILES string of the molecule is NC(=O)c1ccc(C(=O)N2CCOCC(F)(F)C2)cc1. The fourth-order valence-electron chi connectivity index (χ4n) is 1.93. The van der Waals surface area contributed by atoms with E-state index in [1.165, 1.54) is 24.3 Å². The van der Waals surface area contributed by atoms with Gasteiger partial charge in [-0.25, -0.2) is 8.78 Å². The Morgan fingerprint density at radius 2 is 1.80 bits per heavy atom. The number of carbonyl (C=O) groups is 2. The fraction of sp³-hybridized carbons (Fsp3) is 0.385. The number of hydrogen-bond donors (Lipinski definition) is 1. The molecule has 0 spiro atoms. The third kappa shape index (κ3) is 3.30. The minimum absolute atomic E-state index is 0.0701. The van der Waals surface area contributed by atoms with Crippen LogP contribution in [0, 0.1) is 0 Å². The first kappa shape index (κ1) is 14.4. The van der Waals surface area contributed by atoms with Gasteiger partial charge < -0.3 is 15.4 Å². The summed E-state index contributed by atoms with van der Waals surface area (Å²) >= 11 is 0. The van der Waals surface area contributed by atoms with E-state index in [-0.39, 0.29) is 24.3 Å². The summed E-state index contributed by atoms with van der Waals surface area (Å²) in [7, 11) is 0.